The van der Waals surface area contributed by atoms with E-state index in [0.29, 0.717) is 11.5 Å². The van der Waals surface area contributed by atoms with Crippen LogP contribution < -0.4 is 14.8 Å². The summed E-state index contributed by atoms with van der Waals surface area (Å²) in [7, 11) is 1.85. The van der Waals surface area contributed by atoms with E-state index in [0.717, 1.165) is 42.4 Å². The quantitative estimate of drug-likeness (QED) is 0.179. The highest BCUT2D eigenvalue weighted by molar-refractivity contribution is 5.98. The fourth-order valence-corrected chi connectivity index (χ4v) is 4.57. The van der Waals surface area contributed by atoms with Crippen LogP contribution in [0.4, 0.5) is 0 Å². The number of aliphatic hydroxyl groups excluding tert-OH is 1. The summed E-state index contributed by atoms with van der Waals surface area (Å²) >= 11 is 0. The zero-order valence-electron chi connectivity index (χ0n) is 21.9. The minimum atomic E-state index is -0.581. The lowest BCUT2D eigenvalue weighted by Crippen LogP contribution is -2.40. The molecule has 4 rings (SSSR count). The van der Waals surface area contributed by atoms with Crippen LogP contribution in [0.3, 0.4) is 0 Å². The summed E-state index contributed by atoms with van der Waals surface area (Å²) in [5.41, 5.74) is 5.65. The molecule has 0 spiro atoms. The summed E-state index contributed by atoms with van der Waals surface area (Å²) in [4.78, 5) is 12.1. The summed E-state index contributed by atoms with van der Waals surface area (Å²) in [6.45, 7) is 4.43. The first-order valence-corrected chi connectivity index (χ1v) is 13.2. The Morgan fingerprint density at radius 1 is 0.892 bits per heavy atom. The summed E-state index contributed by atoms with van der Waals surface area (Å²) in [6, 6.07) is 26.2. The third-order valence-corrected chi connectivity index (χ3v) is 6.89. The van der Waals surface area contributed by atoms with E-state index in [9.17, 15) is 9.90 Å². The second kappa shape index (κ2) is 12.7. The van der Waals surface area contributed by atoms with Crippen molar-refractivity contribution in [2.45, 2.75) is 51.7 Å². The van der Waals surface area contributed by atoms with Gasteiger partial charge in [0.15, 0.2) is 0 Å². The molecule has 3 aromatic rings. The van der Waals surface area contributed by atoms with Gasteiger partial charge in [0.2, 0.25) is 0 Å². The van der Waals surface area contributed by atoms with Crippen LogP contribution in [0.1, 0.15) is 56.2 Å². The Morgan fingerprint density at radius 3 is 2.00 bits per heavy atom. The molecule has 1 saturated carbocycles. The molecule has 0 amide bonds. The fourth-order valence-electron chi connectivity index (χ4n) is 4.57. The minimum absolute atomic E-state index is 0.00156. The molecule has 194 valence electrons. The van der Waals surface area contributed by atoms with Crippen LogP contribution in [0.2, 0.25) is 0 Å². The SMILES string of the molecule is CCC(=C(c1ccc(OCC(O)C(CC)NC)cc1)c1ccc(OC(=O)C2CC2)cc1)c1ccccc1. The number of benzene rings is 3. The number of hydrogen-bond acceptors (Lipinski definition) is 5. The maximum Gasteiger partial charge on any atom is 0.314 e. The summed E-state index contributed by atoms with van der Waals surface area (Å²) in [5, 5.41) is 13.5. The van der Waals surface area contributed by atoms with Gasteiger partial charge in [-0.05, 0) is 84.8 Å². The van der Waals surface area contributed by atoms with E-state index in [1.54, 1.807) is 0 Å². The van der Waals surface area contributed by atoms with Gasteiger partial charge in [0, 0.05) is 6.04 Å². The zero-order chi connectivity index (χ0) is 26.2. The van der Waals surface area contributed by atoms with Crippen molar-refractivity contribution in [2.75, 3.05) is 13.7 Å². The molecule has 0 heterocycles. The van der Waals surface area contributed by atoms with E-state index in [4.69, 9.17) is 9.47 Å². The van der Waals surface area contributed by atoms with Crippen molar-refractivity contribution in [1.82, 2.24) is 5.32 Å². The van der Waals surface area contributed by atoms with Crippen molar-refractivity contribution >= 4 is 17.1 Å². The van der Waals surface area contributed by atoms with Crippen molar-refractivity contribution in [3.05, 3.63) is 95.6 Å². The summed E-state index contributed by atoms with van der Waals surface area (Å²) in [5.74, 6) is 1.22. The number of carbonyl (C=O) groups excluding carboxylic acids is 1. The average molecular weight is 500 g/mol. The van der Waals surface area contributed by atoms with Crippen molar-refractivity contribution in [3.8, 4) is 11.5 Å². The predicted octanol–water partition coefficient (Wildman–Crippen LogP) is 6.11. The van der Waals surface area contributed by atoms with Crippen molar-refractivity contribution in [3.63, 3.8) is 0 Å². The average Bonchev–Trinajstić information content (AvgIpc) is 3.79. The lowest BCUT2D eigenvalue weighted by molar-refractivity contribution is -0.135. The van der Waals surface area contributed by atoms with Gasteiger partial charge in [0.05, 0.1) is 5.92 Å². The zero-order valence-corrected chi connectivity index (χ0v) is 21.9. The van der Waals surface area contributed by atoms with Crippen LogP contribution in [0, 0.1) is 5.92 Å². The molecule has 0 aromatic heterocycles. The van der Waals surface area contributed by atoms with Crippen LogP contribution in [0.5, 0.6) is 11.5 Å². The Kier molecular flexibility index (Phi) is 9.15. The number of aliphatic hydroxyl groups is 1. The van der Waals surface area contributed by atoms with Crippen LogP contribution in [-0.2, 0) is 4.79 Å². The van der Waals surface area contributed by atoms with Gasteiger partial charge in [-0.2, -0.15) is 0 Å². The third-order valence-electron chi connectivity index (χ3n) is 6.89. The van der Waals surface area contributed by atoms with Crippen LogP contribution in [-0.4, -0.2) is 36.9 Å². The number of nitrogens with one attached hydrogen (secondary N) is 1. The first-order valence-electron chi connectivity index (χ1n) is 13.2. The number of carbonyl (C=O) groups is 1. The van der Waals surface area contributed by atoms with Crippen LogP contribution in [0.25, 0.3) is 11.1 Å². The van der Waals surface area contributed by atoms with E-state index in [2.05, 4.69) is 48.6 Å². The van der Waals surface area contributed by atoms with Crippen molar-refractivity contribution in [2.24, 2.45) is 5.92 Å². The molecule has 2 unspecified atom stereocenters. The fraction of sp³-hybridized carbons (Fsp3) is 0.344. The topological polar surface area (TPSA) is 67.8 Å². The van der Waals surface area contributed by atoms with Gasteiger partial charge in [0.1, 0.15) is 24.2 Å². The molecule has 1 fully saturated rings. The summed E-state index contributed by atoms with van der Waals surface area (Å²) in [6.07, 6.45) is 2.95. The van der Waals surface area contributed by atoms with Gasteiger partial charge >= 0.3 is 5.97 Å². The van der Waals surface area contributed by atoms with Gasteiger partial charge in [-0.3, -0.25) is 4.79 Å². The Bertz CT molecular complexity index is 1180. The molecule has 0 aliphatic heterocycles. The first-order chi connectivity index (χ1) is 18.0. The number of ether oxygens (including phenoxy) is 2. The monoisotopic (exact) mass is 499 g/mol. The molecule has 0 bridgehead atoms. The molecule has 0 saturated heterocycles. The summed E-state index contributed by atoms with van der Waals surface area (Å²) < 4.78 is 11.4. The lowest BCUT2D eigenvalue weighted by atomic mass is 9.88. The molecular formula is C32H37NO4. The van der Waals surface area contributed by atoms with E-state index in [1.807, 2.05) is 56.4 Å². The number of likely N-dealkylation sites (N-methyl/N-ethyl adjacent to an activating group) is 1. The lowest BCUT2D eigenvalue weighted by Gasteiger charge is -2.21. The number of allylic oxidation sites excluding steroid dienone is 1. The minimum Gasteiger partial charge on any atom is -0.491 e. The van der Waals surface area contributed by atoms with E-state index >= 15 is 0 Å². The van der Waals surface area contributed by atoms with Crippen LogP contribution >= 0.6 is 0 Å². The second-order valence-electron chi connectivity index (χ2n) is 9.50. The maximum absolute atomic E-state index is 12.1. The Hall–Kier alpha value is -3.41. The molecule has 0 radical (unpaired) electrons. The highest BCUT2D eigenvalue weighted by Crippen LogP contribution is 2.36. The van der Waals surface area contributed by atoms with Crippen molar-refractivity contribution in [1.29, 1.82) is 0 Å². The normalized spacial score (nSPS) is 15.5. The highest BCUT2D eigenvalue weighted by atomic mass is 16.5. The molecule has 2 N–H and O–H groups in total. The molecule has 1 aliphatic rings. The second-order valence-corrected chi connectivity index (χ2v) is 9.50. The smallest absolute Gasteiger partial charge is 0.314 e. The van der Waals surface area contributed by atoms with Gasteiger partial charge in [-0.25, -0.2) is 0 Å². The Balaban J connectivity index is 1.62. The number of hydrogen-bond donors (Lipinski definition) is 2. The maximum atomic E-state index is 12.1. The number of esters is 1. The predicted molar refractivity (Wildman–Crippen MR) is 149 cm³/mol. The number of rotatable bonds is 12. The molecule has 5 heteroatoms. The van der Waals surface area contributed by atoms with Crippen LogP contribution in [0.15, 0.2) is 78.9 Å². The van der Waals surface area contributed by atoms with Gasteiger partial charge < -0.3 is 19.9 Å². The standard InChI is InChI=1S/C32H37NO4/c1-4-28(22-9-7-6-8-10-22)31(24-15-19-27(20-16-24)37-32(35)25-11-12-25)23-13-17-26(18-14-23)36-21-30(34)29(5-2)33-3/h6-10,13-20,25,29-30,33-34H,4-5,11-12,21H2,1-3H3. The van der Waals surface area contributed by atoms with E-state index in [1.165, 1.54) is 11.1 Å². The molecule has 2 atom stereocenters. The first kappa shape index (κ1) is 26.6. The van der Waals surface area contributed by atoms with Gasteiger partial charge in [0.25, 0.3) is 0 Å². The Labute approximate surface area is 220 Å². The Morgan fingerprint density at radius 2 is 1.49 bits per heavy atom. The van der Waals surface area contributed by atoms with E-state index < -0.39 is 6.10 Å². The molecule has 5 nitrogen and oxygen atoms in total. The molecule has 37 heavy (non-hydrogen) atoms. The van der Waals surface area contributed by atoms with Crippen molar-refractivity contribution < 1.29 is 19.4 Å². The largest absolute Gasteiger partial charge is 0.491 e. The molecule has 1 aliphatic carbocycles. The van der Waals surface area contributed by atoms with E-state index in [-0.39, 0.29) is 24.5 Å². The molecular weight excluding hydrogens is 462 g/mol. The third kappa shape index (κ3) is 6.88. The highest BCUT2D eigenvalue weighted by Gasteiger charge is 2.31. The van der Waals surface area contributed by atoms with Gasteiger partial charge in [-0.1, -0.05) is 68.4 Å². The molecule has 3 aromatic carbocycles. The van der Waals surface area contributed by atoms with Gasteiger partial charge in [-0.15, -0.1) is 0 Å².